The molecule has 5 heteroatoms. The second-order valence-corrected chi connectivity index (χ2v) is 7.93. The molecule has 1 aliphatic heterocycles. The van der Waals surface area contributed by atoms with Crippen molar-refractivity contribution in [1.82, 2.24) is 4.90 Å². The molecule has 0 bridgehead atoms. The van der Waals surface area contributed by atoms with Gasteiger partial charge in [0, 0.05) is 18.7 Å². The van der Waals surface area contributed by atoms with E-state index >= 15 is 0 Å². The quantitative estimate of drug-likeness (QED) is 0.607. The van der Waals surface area contributed by atoms with Gasteiger partial charge >= 0.3 is 0 Å². The van der Waals surface area contributed by atoms with Crippen molar-refractivity contribution >= 4 is 23.4 Å². The van der Waals surface area contributed by atoms with Crippen molar-refractivity contribution in [2.24, 2.45) is 11.8 Å². The summed E-state index contributed by atoms with van der Waals surface area (Å²) in [5.74, 6) is -0.834. The lowest BCUT2D eigenvalue weighted by atomic mass is 9.85. The van der Waals surface area contributed by atoms with Crippen LogP contribution in [0, 0.1) is 11.8 Å². The number of fused-ring (bicyclic) bond motifs is 1. The van der Waals surface area contributed by atoms with Gasteiger partial charge < -0.3 is 4.90 Å². The van der Waals surface area contributed by atoms with Crippen molar-refractivity contribution < 1.29 is 14.4 Å². The lowest BCUT2D eigenvalue weighted by Crippen LogP contribution is -2.38. The maximum Gasteiger partial charge on any atom is 0.253 e. The molecule has 1 heterocycles. The first-order chi connectivity index (χ1) is 13.1. The SMILES string of the molecule is CN(C(=O)c1cccc(N2C(=O)[C@H]3CC=CC[C@H]3C2=O)c1)C1CCCCC1. The molecule has 1 saturated heterocycles. The molecule has 2 fully saturated rings. The number of hydrogen-bond donors (Lipinski definition) is 0. The Morgan fingerprint density at radius 1 is 1.00 bits per heavy atom. The smallest absolute Gasteiger partial charge is 0.253 e. The molecule has 0 aromatic heterocycles. The molecule has 1 aromatic carbocycles. The van der Waals surface area contributed by atoms with Crippen LogP contribution in [0.25, 0.3) is 0 Å². The highest BCUT2D eigenvalue weighted by Gasteiger charge is 2.47. The van der Waals surface area contributed by atoms with Crippen LogP contribution in [-0.4, -0.2) is 35.7 Å². The van der Waals surface area contributed by atoms with Gasteiger partial charge in [-0.05, 0) is 43.9 Å². The third-order valence-corrected chi connectivity index (χ3v) is 6.30. The number of anilines is 1. The summed E-state index contributed by atoms with van der Waals surface area (Å²) in [5, 5.41) is 0. The molecule has 3 aliphatic rings. The summed E-state index contributed by atoms with van der Waals surface area (Å²) in [5.41, 5.74) is 1.05. The molecule has 1 saturated carbocycles. The predicted octanol–water partition coefficient (Wildman–Crippen LogP) is 3.55. The topological polar surface area (TPSA) is 57.7 Å². The average molecular weight is 366 g/mol. The standard InChI is InChI=1S/C22H26N2O3/c1-23(16-9-3-2-4-10-16)20(25)15-8-7-11-17(14-15)24-21(26)18-12-5-6-13-19(18)22(24)27/h5-8,11,14,16,18-19H,2-4,9-10,12-13H2,1H3/t18-,19+. The summed E-state index contributed by atoms with van der Waals surface area (Å²) in [6.07, 6.45) is 10.9. The summed E-state index contributed by atoms with van der Waals surface area (Å²) in [6.45, 7) is 0. The second-order valence-electron chi connectivity index (χ2n) is 7.93. The number of rotatable bonds is 3. The van der Waals surface area contributed by atoms with Gasteiger partial charge in [-0.1, -0.05) is 37.5 Å². The average Bonchev–Trinajstić information content (AvgIpc) is 2.98. The summed E-state index contributed by atoms with van der Waals surface area (Å²) >= 11 is 0. The Labute approximate surface area is 160 Å². The molecule has 2 aliphatic carbocycles. The zero-order valence-corrected chi connectivity index (χ0v) is 15.8. The highest BCUT2D eigenvalue weighted by atomic mass is 16.2. The second kappa shape index (κ2) is 7.29. The van der Waals surface area contributed by atoms with Crippen LogP contribution in [-0.2, 0) is 9.59 Å². The minimum Gasteiger partial charge on any atom is -0.339 e. The van der Waals surface area contributed by atoms with Gasteiger partial charge in [0.1, 0.15) is 0 Å². The van der Waals surface area contributed by atoms with Gasteiger partial charge in [-0.25, -0.2) is 0 Å². The molecule has 3 amide bonds. The Kier molecular flexibility index (Phi) is 4.85. The lowest BCUT2D eigenvalue weighted by Gasteiger charge is -2.31. The van der Waals surface area contributed by atoms with Crippen LogP contribution in [0.2, 0.25) is 0 Å². The van der Waals surface area contributed by atoms with E-state index in [1.165, 1.54) is 11.3 Å². The molecule has 0 N–H and O–H groups in total. The monoisotopic (exact) mass is 366 g/mol. The first kappa shape index (κ1) is 18.0. The summed E-state index contributed by atoms with van der Waals surface area (Å²) in [7, 11) is 1.86. The molecule has 142 valence electrons. The van der Waals surface area contributed by atoms with Crippen molar-refractivity contribution in [1.29, 1.82) is 0 Å². The van der Waals surface area contributed by atoms with Crippen LogP contribution in [0.4, 0.5) is 5.69 Å². The highest BCUT2D eigenvalue weighted by Crippen LogP contribution is 2.38. The lowest BCUT2D eigenvalue weighted by molar-refractivity contribution is -0.122. The molecular weight excluding hydrogens is 340 g/mol. The summed E-state index contributed by atoms with van der Waals surface area (Å²) in [6, 6.07) is 7.25. The summed E-state index contributed by atoms with van der Waals surface area (Å²) < 4.78 is 0. The van der Waals surface area contributed by atoms with Crippen LogP contribution < -0.4 is 4.90 Å². The van der Waals surface area contributed by atoms with E-state index in [1.807, 2.05) is 24.1 Å². The third-order valence-electron chi connectivity index (χ3n) is 6.30. The normalized spacial score (nSPS) is 25.6. The van der Waals surface area contributed by atoms with Crippen LogP contribution >= 0.6 is 0 Å². The van der Waals surface area contributed by atoms with Crippen LogP contribution in [0.1, 0.15) is 55.3 Å². The van der Waals surface area contributed by atoms with E-state index in [0.717, 1.165) is 25.7 Å². The Bertz CT molecular complexity index is 769. The van der Waals surface area contributed by atoms with Crippen molar-refractivity contribution in [3.63, 3.8) is 0 Å². The number of amides is 3. The van der Waals surface area contributed by atoms with Gasteiger partial charge in [0.25, 0.3) is 5.91 Å². The fourth-order valence-corrected chi connectivity index (χ4v) is 4.67. The summed E-state index contributed by atoms with van der Waals surface area (Å²) in [4.78, 5) is 41.7. The van der Waals surface area contributed by atoms with Crippen LogP contribution in [0.15, 0.2) is 36.4 Å². The van der Waals surface area contributed by atoms with E-state index < -0.39 is 0 Å². The van der Waals surface area contributed by atoms with E-state index in [-0.39, 0.29) is 35.6 Å². The molecule has 4 rings (SSSR count). The zero-order chi connectivity index (χ0) is 19.0. The van der Waals surface area contributed by atoms with Gasteiger partial charge in [-0.3, -0.25) is 19.3 Å². The van der Waals surface area contributed by atoms with Gasteiger partial charge in [0.2, 0.25) is 11.8 Å². The number of allylic oxidation sites excluding steroid dienone is 2. The van der Waals surface area contributed by atoms with E-state index in [1.54, 1.807) is 24.3 Å². The van der Waals surface area contributed by atoms with Crippen molar-refractivity contribution in [2.45, 2.75) is 51.0 Å². The van der Waals surface area contributed by atoms with Crippen molar-refractivity contribution in [3.05, 3.63) is 42.0 Å². The number of hydrogen-bond acceptors (Lipinski definition) is 3. The molecular formula is C22H26N2O3. The maximum atomic E-state index is 13.0. The Hall–Kier alpha value is -2.43. The molecule has 5 nitrogen and oxygen atoms in total. The minimum absolute atomic E-state index is 0.0399. The van der Waals surface area contributed by atoms with E-state index in [4.69, 9.17) is 0 Å². The predicted molar refractivity (Wildman–Crippen MR) is 103 cm³/mol. The Morgan fingerprint density at radius 2 is 1.63 bits per heavy atom. The molecule has 27 heavy (non-hydrogen) atoms. The number of benzene rings is 1. The van der Waals surface area contributed by atoms with E-state index in [9.17, 15) is 14.4 Å². The van der Waals surface area contributed by atoms with Gasteiger partial charge in [0.15, 0.2) is 0 Å². The largest absolute Gasteiger partial charge is 0.339 e. The van der Waals surface area contributed by atoms with E-state index in [0.29, 0.717) is 24.1 Å². The van der Waals surface area contributed by atoms with Gasteiger partial charge in [-0.15, -0.1) is 0 Å². The highest BCUT2D eigenvalue weighted by molar-refractivity contribution is 6.22. The van der Waals surface area contributed by atoms with Gasteiger partial charge in [-0.2, -0.15) is 0 Å². The molecule has 1 aromatic rings. The van der Waals surface area contributed by atoms with Crippen LogP contribution in [0.5, 0.6) is 0 Å². The van der Waals surface area contributed by atoms with Crippen molar-refractivity contribution in [2.75, 3.05) is 11.9 Å². The Balaban J connectivity index is 1.56. The van der Waals surface area contributed by atoms with E-state index in [2.05, 4.69) is 0 Å². The first-order valence-corrected chi connectivity index (χ1v) is 9.98. The van der Waals surface area contributed by atoms with Crippen molar-refractivity contribution in [3.8, 4) is 0 Å². The third kappa shape index (κ3) is 3.20. The fourth-order valence-electron chi connectivity index (χ4n) is 4.67. The fraction of sp³-hybridized carbons (Fsp3) is 0.500. The first-order valence-electron chi connectivity index (χ1n) is 9.98. The van der Waals surface area contributed by atoms with Crippen LogP contribution in [0.3, 0.4) is 0 Å². The minimum atomic E-state index is -0.258. The number of imide groups is 1. The van der Waals surface area contributed by atoms with Gasteiger partial charge in [0.05, 0.1) is 17.5 Å². The molecule has 0 unspecified atom stereocenters. The number of carbonyl (C=O) groups excluding carboxylic acids is 3. The maximum absolute atomic E-state index is 13.0. The Morgan fingerprint density at radius 3 is 2.26 bits per heavy atom. The zero-order valence-electron chi connectivity index (χ0n) is 15.8. The number of carbonyl (C=O) groups is 3. The molecule has 0 radical (unpaired) electrons. The number of nitrogens with zero attached hydrogens (tertiary/aromatic N) is 2. The molecule has 0 spiro atoms. The molecule has 2 atom stereocenters.